The highest BCUT2D eigenvalue weighted by Gasteiger charge is 2.17. The first-order valence-electron chi connectivity index (χ1n) is 8.92. The molecule has 2 N–H and O–H groups in total. The molecule has 1 amide bonds. The van der Waals surface area contributed by atoms with Gasteiger partial charge in [0.15, 0.2) is 0 Å². The number of nitrogens with one attached hydrogen (secondary N) is 1. The Morgan fingerprint density at radius 3 is 2.43 bits per heavy atom. The molecule has 0 bridgehead atoms. The molecule has 0 saturated heterocycles. The molecule has 0 unspecified atom stereocenters. The molecule has 0 atom stereocenters. The van der Waals surface area contributed by atoms with E-state index in [0.29, 0.717) is 10.8 Å². The minimum Gasteiger partial charge on any atom is -0.490 e. The zero-order valence-electron chi connectivity index (χ0n) is 15.6. The van der Waals surface area contributed by atoms with E-state index in [2.05, 4.69) is 5.32 Å². The Kier molecular flexibility index (Phi) is 7.12. The number of carboxylic acid groups (broad SMARTS) is 1. The van der Waals surface area contributed by atoms with Gasteiger partial charge in [-0.15, -0.1) is 0 Å². The number of amides is 1. The van der Waals surface area contributed by atoms with E-state index >= 15 is 0 Å². The molecular formula is C23H17Cl2NO4. The average Bonchev–Trinajstić information content (AvgIpc) is 2.72. The SMILES string of the molecule is O=C(Nc1ccc(OCC=Cc2ccccc2)cc1C(=O)O)c1ccc(Cl)cc1Cl. The third-order valence-corrected chi connectivity index (χ3v) is 4.65. The molecule has 0 aliphatic heterocycles. The minimum absolute atomic E-state index is 0.0991. The summed E-state index contributed by atoms with van der Waals surface area (Å²) in [4.78, 5) is 24.1. The number of halogens is 2. The number of hydrogen-bond acceptors (Lipinski definition) is 3. The Hall–Kier alpha value is -3.28. The summed E-state index contributed by atoms with van der Waals surface area (Å²) in [5, 5.41) is 12.7. The van der Waals surface area contributed by atoms with E-state index in [0.717, 1.165) is 5.56 Å². The number of carbonyl (C=O) groups is 2. The molecule has 30 heavy (non-hydrogen) atoms. The van der Waals surface area contributed by atoms with Crippen LogP contribution in [0.4, 0.5) is 5.69 Å². The lowest BCUT2D eigenvalue weighted by atomic mass is 10.1. The zero-order valence-corrected chi connectivity index (χ0v) is 17.2. The van der Waals surface area contributed by atoms with Crippen LogP contribution in [-0.4, -0.2) is 23.6 Å². The van der Waals surface area contributed by atoms with Gasteiger partial charge in [0.05, 0.1) is 21.8 Å². The van der Waals surface area contributed by atoms with Crippen molar-refractivity contribution in [3.8, 4) is 5.75 Å². The molecule has 0 fully saturated rings. The molecular weight excluding hydrogens is 425 g/mol. The quantitative estimate of drug-likeness (QED) is 0.468. The van der Waals surface area contributed by atoms with Crippen molar-refractivity contribution >= 4 is 46.8 Å². The van der Waals surface area contributed by atoms with Crippen LogP contribution in [0.5, 0.6) is 5.75 Å². The fourth-order valence-electron chi connectivity index (χ4n) is 2.66. The fraction of sp³-hybridized carbons (Fsp3) is 0.0435. The number of carboxylic acids is 1. The number of rotatable bonds is 7. The fourth-order valence-corrected chi connectivity index (χ4v) is 3.15. The van der Waals surface area contributed by atoms with E-state index in [1.54, 1.807) is 6.07 Å². The first kappa shape index (κ1) is 21.4. The zero-order chi connectivity index (χ0) is 21.5. The van der Waals surface area contributed by atoms with Gasteiger partial charge >= 0.3 is 5.97 Å². The molecule has 5 nitrogen and oxygen atoms in total. The van der Waals surface area contributed by atoms with Crippen LogP contribution < -0.4 is 10.1 Å². The second-order valence-corrected chi connectivity index (χ2v) is 7.06. The third kappa shape index (κ3) is 5.63. The summed E-state index contributed by atoms with van der Waals surface area (Å²) in [6, 6.07) is 18.6. The Bertz CT molecular complexity index is 1100. The molecule has 0 heterocycles. The van der Waals surface area contributed by atoms with Crippen LogP contribution in [0.15, 0.2) is 72.8 Å². The van der Waals surface area contributed by atoms with Gasteiger partial charge < -0.3 is 15.2 Å². The van der Waals surface area contributed by atoms with E-state index in [4.69, 9.17) is 27.9 Å². The van der Waals surface area contributed by atoms with Gasteiger partial charge in [-0.1, -0.05) is 59.6 Å². The molecule has 7 heteroatoms. The van der Waals surface area contributed by atoms with Gasteiger partial charge in [-0.3, -0.25) is 4.79 Å². The Morgan fingerprint density at radius 1 is 0.967 bits per heavy atom. The lowest BCUT2D eigenvalue weighted by molar-refractivity contribution is 0.0697. The number of aromatic carboxylic acids is 1. The van der Waals surface area contributed by atoms with Crippen molar-refractivity contribution in [3.63, 3.8) is 0 Å². The summed E-state index contributed by atoms with van der Waals surface area (Å²) in [6.45, 7) is 0.264. The summed E-state index contributed by atoms with van der Waals surface area (Å²) in [6.07, 6.45) is 3.73. The highest BCUT2D eigenvalue weighted by Crippen LogP contribution is 2.25. The van der Waals surface area contributed by atoms with E-state index in [-0.39, 0.29) is 28.4 Å². The number of carbonyl (C=O) groups excluding carboxylic acids is 1. The van der Waals surface area contributed by atoms with Gasteiger partial charge in [-0.05, 0) is 48.0 Å². The number of hydrogen-bond donors (Lipinski definition) is 2. The van der Waals surface area contributed by atoms with Crippen molar-refractivity contribution in [2.75, 3.05) is 11.9 Å². The van der Waals surface area contributed by atoms with Crippen LogP contribution in [0, 0.1) is 0 Å². The summed E-state index contributed by atoms with van der Waals surface area (Å²) < 4.78 is 5.60. The Morgan fingerprint density at radius 2 is 1.73 bits per heavy atom. The number of anilines is 1. The summed E-state index contributed by atoms with van der Waals surface area (Å²) in [7, 11) is 0. The number of ether oxygens (including phenoxy) is 1. The summed E-state index contributed by atoms with van der Waals surface area (Å²) in [5.74, 6) is -1.37. The van der Waals surface area contributed by atoms with Crippen LogP contribution in [-0.2, 0) is 0 Å². The Labute approximate surface area is 183 Å². The average molecular weight is 442 g/mol. The smallest absolute Gasteiger partial charge is 0.337 e. The highest BCUT2D eigenvalue weighted by atomic mass is 35.5. The Balaban J connectivity index is 1.71. The van der Waals surface area contributed by atoms with E-state index in [1.807, 2.05) is 42.5 Å². The van der Waals surface area contributed by atoms with Crippen molar-refractivity contribution < 1.29 is 19.4 Å². The van der Waals surface area contributed by atoms with Gasteiger partial charge in [-0.2, -0.15) is 0 Å². The van der Waals surface area contributed by atoms with E-state index in [9.17, 15) is 14.7 Å². The maximum atomic E-state index is 12.5. The molecule has 0 aliphatic rings. The molecule has 0 radical (unpaired) electrons. The van der Waals surface area contributed by atoms with E-state index < -0.39 is 11.9 Å². The third-order valence-electron chi connectivity index (χ3n) is 4.10. The van der Waals surface area contributed by atoms with Gasteiger partial charge in [-0.25, -0.2) is 4.79 Å². The van der Waals surface area contributed by atoms with Gasteiger partial charge in [0.25, 0.3) is 5.91 Å². The van der Waals surface area contributed by atoms with Crippen molar-refractivity contribution in [2.45, 2.75) is 0 Å². The number of benzene rings is 3. The highest BCUT2D eigenvalue weighted by molar-refractivity contribution is 6.37. The molecule has 3 aromatic rings. The summed E-state index contributed by atoms with van der Waals surface area (Å²) in [5.41, 5.74) is 1.25. The van der Waals surface area contributed by atoms with Crippen LogP contribution in [0.3, 0.4) is 0 Å². The maximum Gasteiger partial charge on any atom is 0.337 e. The second-order valence-electron chi connectivity index (χ2n) is 6.21. The standard InChI is InChI=1S/C23H17Cl2NO4/c24-16-8-10-18(20(25)13-16)22(27)26-21-11-9-17(14-19(21)23(28)29)30-12-4-7-15-5-2-1-3-6-15/h1-11,13-14H,12H2,(H,26,27)(H,28,29). The van der Waals surface area contributed by atoms with Crippen LogP contribution in [0.25, 0.3) is 6.08 Å². The maximum absolute atomic E-state index is 12.5. The van der Waals surface area contributed by atoms with Crippen LogP contribution in [0.1, 0.15) is 26.3 Å². The molecule has 0 aliphatic carbocycles. The molecule has 3 rings (SSSR count). The lowest BCUT2D eigenvalue weighted by Gasteiger charge is -2.12. The second kappa shape index (κ2) is 9.96. The minimum atomic E-state index is -1.20. The lowest BCUT2D eigenvalue weighted by Crippen LogP contribution is -2.15. The molecule has 3 aromatic carbocycles. The topological polar surface area (TPSA) is 75.6 Å². The first-order valence-corrected chi connectivity index (χ1v) is 9.68. The van der Waals surface area contributed by atoms with E-state index in [1.165, 1.54) is 30.3 Å². The van der Waals surface area contributed by atoms with Gasteiger partial charge in [0.2, 0.25) is 0 Å². The van der Waals surface area contributed by atoms with Crippen LogP contribution >= 0.6 is 23.2 Å². The van der Waals surface area contributed by atoms with Gasteiger partial charge in [0.1, 0.15) is 12.4 Å². The van der Waals surface area contributed by atoms with Crippen molar-refractivity contribution in [1.29, 1.82) is 0 Å². The molecule has 152 valence electrons. The monoisotopic (exact) mass is 441 g/mol. The van der Waals surface area contributed by atoms with Crippen molar-refractivity contribution in [3.05, 3.63) is 99.5 Å². The van der Waals surface area contributed by atoms with Gasteiger partial charge in [0, 0.05) is 5.02 Å². The van der Waals surface area contributed by atoms with Crippen molar-refractivity contribution in [2.24, 2.45) is 0 Å². The predicted molar refractivity (Wildman–Crippen MR) is 119 cm³/mol. The normalized spacial score (nSPS) is 10.7. The summed E-state index contributed by atoms with van der Waals surface area (Å²) >= 11 is 11.9. The first-order chi connectivity index (χ1) is 14.4. The van der Waals surface area contributed by atoms with Crippen LogP contribution in [0.2, 0.25) is 10.0 Å². The molecule has 0 aromatic heterocycles. The molecule has 0 saturated carbocycles. The molecule has 0 spiro atoms. The predicted octanol–water partition coefficient (Wildman–Crippen LogP) is 6.04. The van der Waals surface area contributed by atoms with Crippen molar-refractivity contribution in [1.82, 2.24) is 0 Å². The largest absolute Gasteiger partial charge is 0.490 e.